The molecule has 160 valence electrons. The van der Waals surface area contributed by atoms with Crippen molar-refractivity contribution in [2.45, 2.75) is 26.4 Å². The van der Waals surface area contributed by atoms with E-state index in [2.05, 4.69) is 4.98 Å². The number of rotatable bonds is 10. The first-order chi connectivity index (χ1) is 14.5. The fraction of sp³-hybridized carbons (Fsp3) is 0.286. The van der Waals surface area contributed by atoms with Crippen molar-refractivity contribution in [2.24, 2.45) is 5.92 Å². The first kappa shape index (κ1) is 22.0. The second-order valence-electron chi connectivity index (χ2n) is 7.04. The molecule has 3 aromatic rings. The highest BCUT2D eigenvalue weighted by Gasteiger charge is 2.31. The van der Waals surface area contributed by atoms with Gasteiger partial charge < -0.3 is 14.6 Å². The number of methoxy groups -OCH3 is 1. The van der Waals surface area contributed by atoms with Gasteiger partial charge >= 0.3 is 0 Å². The lowest BCUT2D eigenvalue weighted by Gasteiger charge is -2.30. The molecule has 0 radical (unpaired) electrons. The highest BCUT2D eigenvalue weighted by Crippen LogP contribution is 2.27. The third kappa shape index (κ3) is 5.45. The summed E-state index contributed by atoms with van der Waals surface area (Å²) in [7, 11) is 1.59. The standard InChI is InChI=1S/C21H25N3O5S/c1-14(2)20(21(25)23-26)24(13-15-4-9-19-16(12-15)10-11-22-19)30-29-28-18-7-5-17(27-3)6-8-18/h4-12,14,20,22,26H,13H2,1-3H3,(H,23,25)/t20-/m1/s1. The minimum absolute atomic E-state index is 0.0924. The normalized spacial score (nSPS) is 12.3. The minimum atomic E-state index is -0.651. The summed E-state index contributed by atoms with van der Waals surface area (Å²) < 4.78 is 12.2. The number of hydrogen-bond donors (Lipinski definition) is 3. The molecule has 3 N–H and O–H groups in total. The Bertz CT molecular complexity index is 961. The zero-order valence-electron chi connectivity index (χ0n) is 17.0. The van der Waals surface area contributed by atoms with Gasteiger partial charge in [-0.2, -0.15) is 0 Å². The van der Waals surface area contributed by atoms with Gasteiger partial charge in [0.2, 0.25) is 0 Å². The average molecular weight is 432 g/mol. The van der Waals surface area contributed by atoms with Crippen LogP contribution in [0.3, 0.4) is 0 Å². The number of H-pyrrole nitrogens is 1. The van der Waals surface area contributed by atoms with Crippen molar-refractivity contribution >= 4 is 29.0 Å². The molecule has 0 bridgehead atoms. The summed E-state index contributed by atoms with van der Waals surface area (Å²) in [5.74, 6) is 0.583. The van der Waals surface area contributed by atoms with Crippen molar-refractivity contribution in [3.8, 4) is 11.5 Å². The number of nitrogens with one attached hydrogen (secondary N) is 2. The average Bonchev–Trinajstić information content (AvgIpc) is 3.21. The van der Waals surface area contributed by atoms with Crippen molar-refractivity contribution < 1.29 is 24.0 Å². The highest BCUT2D eigenvalue weighted by atomic mass is 32.2. The van der Waals surface area contributed by atoms with Crippen molar-refractivity contribution in [3.63, 3.8) is 0 Å². The quantitative estimate of drug-likeness (QED) is 0.146. The van der Waals surface area contributed by atoms with Crippen LogP contribution in [0.25, 0.3) is 10.9 Å². The Labute approximate surface area is 179 Å². The van der Waals surface area contributed by atoms with Crippen LogP contribution < -0.4 is 15.1 Å². The molecule has 1 atom stereocenters. The zero-order chi connectivity index (χ0) is 21.5. The van der Waals surface area contributed by atoms with Gasteiger partial charge in [0.1, 0.15) is 24.0 Å². The first-order valence-corrected chi connectivity index (χ1v) is 10.1. The molecular formula is C21H25N3O5S. The Balaban J connectivity index is 1.74. The number of carbonyl (C=O) groups excluding carboxylic acids is 1. The Kier molecular flexibility index (Phi) is 7.58. The summed E-state index contributed by atoms with van der Waals surface area (Å²) in [6, 6.07) is 14.3. The van der Waals surface area contributed by atoms with E-state index in [0.717, 1.165) is 28.7 Å². The number of ether oxygens (including phenoxy) is 1. The number of benzene rings is 2. The number of hydroxylamine groups is 1. The lowest BCUT2D eigenvalue weighted by molar-refractivity contribution is -0.135. The fourth-order valence-corrected chi connectivity index (χ4v) is 3.93. The topological polar surface area (TPSA) is 96.0 Å². The lowest BCUT2D eigenvalue weighted by Crippen LogP contribution is -2.46. The molecule has 0 aliphatic carbocycles. The van der Waals surface area contributed by atoms with Crippen LogP contribution in [0.4, 0.5) is 0 Å². The molecule has 1 aromatic heterocycles. The summed E-state index contributed by atoms with van der Waals surface area (Å²) in [6.45, 7) is 4.19. The van der Waals surface area contributed by atoms with Crippen LogP contribution in [0, 0.1) is 5.92 Å². The van der Waals surface area contributed by atoms with Crippen molar-refractivity contribution in [2.75, 3.05) is 7.11 Å². The van der Waals surface area contributed by atoms with Crippen LogP contribution in [0.1, 0.15) is 19.4 Å². The van der Waals surface area contributed by atoms with Crippen molar-refractivity contribution in [3.05, 3.63) is 60.3 Å². The van der Waals surface area contributed by atoms with Gasteiger partial charge in [-0.05, 0) is 59.3 Å². The maximum Gasteiger partial charge on any atom is 0.261 e. The van der Waals surface area contributed by atoms with Crippen LogP contribution in [-0.4, -0.2) is 33.6 Å². The molecule has 3 rings (SSSR count). The number of amides is 1. The monoisotopic (exact) mass is 431 g/mol. The van der Waals surface area contributed by atoms with Crippen LogP contribution in [0.5, 0.6) is 11.5 Å². The molecule has 9 heteroatoms. The summed E-state index contributed by atoms with van der Waals surface area (Å²) in [6.07, 6.45) is 1.88. The SMILES string of the molecule is COc1ccc(OOSN(Cc2ccc3[nH]ccc3c2)[C@@H](C(=O)NO)C(C)C)cc1. The molecule has 30 heavy (non-hydrogen) atoms. The lowest BCUT2D eigenvalue weighted by atomic mass is 10.0. The van der Waals surface area contributed by atoms with Gasteiger partial charge in [-0.25, -0.2) is 9.79 Å². The van der Waals surface area contributed by atoms with Gasteiger partial charge in [0.15, 0.2) is 5.75 Å². The molecule has 0 fully saturated rings. The number of nitrogens with zero attached hydrogens (tertiary/aromatic N) is 1. The molecule has 0 aliphatic rings. The van der Waals surface area contributed by atoms with Gasteiger partial charge in [-0.3, -0.25) is 10.0 Å². The van der Waals surface area contributed by atoms with Crippen LogP contribution >= 0.6 is 12.2 Å². The number of aromatic amines is 1. The Morgan fingerprint density at radius 1 is 1.17 bits per heavy atom. The Morgan fingerprint density at radius 2 is 1.90 bits per heavy atom. The van der Waals surface area contributed by atoms with Gasteiger partial charge in [0.25, 0.3) is 5.91 Å². The number of fused-ring (bicyclic) bond motifs is 1. The van der Waals surface area contributed by atoms with Gasteiger partial charge in [0, 0.05) is 18.3 Å². The molecule has 2 aromatic carbocycles. The predicted octanol–water partition coefficient (Wildman–Crippen LogP) is 4.08. The molecule has 1 amide bonds. The maximum absolute atomic E-state index is 12.3. The summed E-state index contributed by atoms with van der Waals surface area (Å²) in [4.78, 5) is 20.8. The van der Waals surface area contributed by atoms with Crippen LogP contribution in [0.15, 0.2) is 54.7 Å². The summed E-state index contributed by atoms with van der Waals surface area (Å²) in [5.41, 5.74) is 3.77. The van der Waals surface area contributed by atoms with E-state index in [1.165, 1.54) is 0 Å². The molecule has 0 aliphatic heterocycles. The van der Waals surface area contributed by atoms with Crippen molar-refractivity contribution in [1.29, 1.82) is 0 Å². The largest absolute Gasteiger partial charge is 0.497 e. The van der Waals surface area contributed by atoms with E-state index in [9.17, 15) is 10.0 Å². The van der Waals surface area contributed by atoms with Crippen LogP contribution in [-0.2, 0) is 15.7 Å². The van der Waals surface area contributed by atoms with E-state index in [0.29, 0.717) is 18.0 Å². The summed E-state index contributed by atoms with van der Waals surface area (Å²) in [5, 5.41) is 10.3. The second kappa shape index (κ2) is 10.4. The smallest absolute Gasteiger partial charge is 0.261 e. The number of aromatic nitrogens is 1. The first-order valence-electron chi connectivity index (χ1n) is 9.43. The Hall–Kier alpha value is -2.72. The number of hydrogen-bond acceptors (Lipinski definition) is 7. The van der Waals surface area contributed by atoms with E-state index < -0.39 is 11.9 Å². The van der Waals surface area contributed by atoms with E-state index in [-0.39, 0.29) is 5.92 Å². The van der Waals surface area contributed by atoms with Crippen molar-refractivity contribution in [1.82, 2.24) is 14.8 Å². The van der Waals surface area contributed by atoms with Crippen LogP contribution in [0.2, 0.25) is 0 Å². The molecule has 0 saturated heterocycles. The second-order valence-corrected chi connectivity index (χ2v) is 7.79. The number of carbonyl (C=O) groups is 1. The third-order valence-corrected chi connectivity index (χ3v) is 5.27. The molecule has 0 spiro atoms. The Morgan fingerprint density at radius 3 is 2.57 bits per heavy atom. The molecule has 0 saturated carbocycles. The molecule has 8 nitrogen and oxygen atoms in total. The predicted molar refractivity (Wildman–Crippen MR) is 115 cm³/mol. The molecule has 1 heterocycles. The third-order valence-electron chi connectivity index (χ3n) is 4.59. The minimum Gasteiger partial charge on any atom is -0.497 e. The zero-order valence-corrected chi connectivity index (χ0v) is 17.8. The molecule has 0 unspecified atom stereocenters. The van der Waals surface area contributed by atoms with E-state index in [4.69, 9.17) is 14.0 Å². The highest BCUT2D eigenvalue weighted by molar-refractivity contribution is 7.92. The van der Waals surface area contributed by atoms with Gasteiger partial charge in [-0.15, -0.1) is 0 Å². The maximum atomic E-state index is 12.3. The van der Waals surface area contributed by atoms with E-state index >= 15 is 0 Å². The summed E-state index contributed by atoms with van der Waals surface area (Å²) >= 11 is 0.909. The van der Waals surface area contributed by atoms with E-state index in [1.54, 1.807) is 41.2 Å². The van der Waals surface area contributed by atoms with Gasteiger partial charge in [0.05, 0.1) is 7.11 Å². The molecular weight excluding hydrogens is 406 g/mol. The van der Waals surface area contributed by atoms with E-state index in [1.807, 2.05) is 44.3 Å². The van der Waals surface area contributed by atoms with Gasteiger partial charge in [-0.1, -0.05) is 24.2 Å². The fourth-order valence-electron chi connectivity index (χ4n) is 3.11.